The number of rotatable bonds is 2. The third-order valence-electron chi connectivity index (χ3n) is 4.18. The average Bonchev–Trinajstić information content (AvgIpc) is 3.24. The number of thiophene rings is 2. The fourth-order valence-electron chi connectivity index (χ4n) is 2.90. The van der Waals surface area contributed by atoms with Gasteiger partial charge in [0, 0.05) is 14.8 Å². The molecule has 0 saturated carbocycles. The number of carbonyl (C=O) groups excluding carboxylic acids is 2. The van der Waals surface area contributed by atoms with Gasteiger partial charge in [-0.25, -0.2) is 8.42 Å². The summed E-state index contributed by atoms with van der Waals surface area (Å²) in [6, 6.07) is 9.82. The van der Waals surface area contributed by atoms with Crippen molar-refractivity contribution in [3.05, 3.63) is 35.2 Å². The monoisotopic (exact) mass is 394 g/mol. The van der Waals surface area contributed by atoms with E-state index in [1.54, 1.807) is 11.3 Å². The number of hydrazine groups is 1. The molecule has 0 aliphatic carbocycles. The lowest BCUT2D eigenvalue weighted by Crippen LogP contribution is -2.44. The first-order chi connectivity index (χ1) is 11.9. The van der Waals surface area contributed by atoms with Crippen LogP contribution in [0.4, 0.5) is 0 Å². The quantitative estimate of drug-likeness (QED) is 0.653. The minimum absolute atomic E-state index is 0.0211. The van der Waals surface area contributed by atoms with Gasteiger partial charge in [0.15, 0.2) is 9.84 Å². The van der Waals surface area contributed by atoms with Gasteiger partial charge in [-0.05, 0) is 18.6 Å². The maximum atomic E-state index is 12.3. The molecular formula is C16H14N2O4S3. The second kappa shape index (κ2) is 6.08. The summed E-state index contributed by atoms with van der Waals surface area (Å²) in [5.74, 6) is -1.59. The zero-order valence-electron chi connectivity index (χ0n) is 12.9. The molecule has 1 aromatic carbocycles. The summed E-state index contributed by atoms with van der Waals surface area (Å²) < 4.78 is 26.1. The minimum atomic E-state index is -3.13. The molecule has 1 saturated heterocycles. The highest BCUT2D eigenvalue weighted by atomic mass is 32.2. The molecule has 1 fully saturated rings. The van der Waals surface area contributed by atoms with Gasteiger partial charge in [0.05, 0.1) is 27.0 Å². The highest BCUT2D eigenvalue weighted by molar-refractivity contribution is 7.91. The van der Waals surface area contributed by atoms with Gasteiger partial charge >= 0.3 is 0 Å². The number of hydrogen-bond donors (Lipinski definition) is 2. The van der Waals surface area contributed by atoms with Gasteiger partial charge < -0.3 is 0 Å². The van der Waals surface area contributed by atoms with E-state index in [1.807, 2.05) is 30.3 Å². The number of nitrogens with one attached hydrogen (secondary N) is 2. The zero-order chi connectivity index (χ0) is 17.6. The highest BCUT2D eigenvalue weighted by Crippen LogP contribution is 2.39. The second-order valence-electron chi connectivity index (χ2n) is 5.95. The molecule has 1 unspecified atom stereocenters. The number of fused-ring (bicyclic) bond motifs is 3. The van der Waals surface area contributed by atoms with Crippen LogP contribution in [0.3, 0.4) is 0 Å². The smallest absolute Gasteiger partial charge is 0.273 e. The van der Waals surface area contributed by atoms with E-state index in [0.717, 1.165) is 14.8 Å². The molecule has 1 aliphatic rings. The Labute approximate surface area is 151 Å². The van der Waals surface area contributed by atoms with Crippen LogP contribution in [-0.4, -0.2) is 31.7 Å². The predicted octanol–water partition coefficient (Wildman–Crippen LogP) is 2.31. The fraction of sp³-hybridized carbons (Fsp3) is 0.250. The van der Waals surface area contributed by atoms with Crippen LogP contribution < -0.4 is 10.9 Å². The molecule has 3 heterocycles. The van der Waals surface area contributed by atoms with E-state index < -0.39 is 27.6 Å². The highest BCUT2D eigenvalue weighted by Gasteiger charge is 2.33. The molecule has 0 bridgehead atoms. The van der Waals surface area contributed by atoms with Crippen LogP contribution in [0, 0.1) is 5.92 Å². The summed E-state index contributed by atoms with van der Waals surface area (Å²) >= 11 is 3.00. The summed E-state index contributed by atoms with van der Waals surface area (Å²) in [6.45, 7) is 0. The van der Waals surface area contributed by atoms with E-state index in [0.29, 0.717) is 11.3 Å². The van der Waals surface area contributed by atoms with Gasteiger partial charge in [-0.3, -0.25) is 20.4 Å². The predicted molar refractivity (Wildman–Crippen MR) is 99.6 cm³/mol. The third-order valence-corrected chi connectivity index (χ3v) is 8.36. The second-order valence-corrected chi connectivity index (χ2v) is 10.3. The SMILES string of the molecule is O=C(NNC(=O)C1CCS(=O)(=O)C1)c1cc2sc3ccccc3c2s1. The van der Waals surface area contributed by atoms with Gasteiger partial charge in [0.1, 0.15) is 0 Å². The van der Waals surface area contributed by atoms with Crippen LogP contribution in [0.1, 0.15) is 16.1 Å². The van der Waals surface area contributed by atoms with Gasteiger partial charge in [0.25, 0.3) is 5.91 Å². The fourth-order valence-corrected chi connectivity index (χ4v) is 7.06. The first kappa shape index (κ1) is 16.5. The molecule has 0 radical (unpaired) electrons. The minimum Gasteiger partial charge on any atom is -0.273 e. The maximum absolute atomic E-state index is 12.3. The molecule has 2 amide bonds. The van der Waals surface area contributed by atoms with Gasteiger partial charge in [-0.2, -0.15) is 0 Å². The summed E-state index contributed by atoms with van der Waals surface area (Å²) in [5.41, 5.74) is 4.73. The summed E-state index contributed by atoms with van der Waals surface area (Å²) in [4.78, 5) is 24.8. The third kappa shape index (κ3) is 3.14. The first-order valence-corrected chi connectivity index (χ1v) is 11.1. The standard InChI is InChI=1S/C16H14N2O4S3/c19-15(9-5-6-25(21,22)8-9)17-18-16(20)13-7-12-14(24-13)10-3-1-2-4-11(10)23-12/h1-4,7,9H,5-6,8H2,(H,17,19)(H,18,20). The van der Waals surface area contributed by atoms with E-state index >= 15 is 0 Å². The van der Waals surface area contributed by atoms with Crippen molar-refractivity contribution < 1.29 is 18.0 Å². The Bertz CT molecular complexity index is 1100. The van der Waals surface area contributed by atoms with Crippen molar-refractivity contribution in [1.82, 2.24) is 10.9 Å². The van der Waals surface area contributed by atoms with E-state index in [4.69, 9.17) is 0 Å². The molecule has 1 atom stereocenters. The molecule has 4 rings (SSSR count). The van der Waals surface area contributed by atoms with Crippen molar-refractivity contribution in [1.29, 1.82) is 0 Å². The van der Waals surface area contributed by atoms with Gasteiger partial charge in [-0.15, -0.1) is 22.7 Å². The largest absolute Gasteiger partial charge is 0.279 e. The van der Waals surface area contributed by atoms with E-state index in [-0.39, 0.29) is 11.5 Å². The Hall–Kier alpha value is -1.97. The number of sulfone groups is 1. The Morgan fingerprint density at radius 1 is 1.08 bits per heavy atom. The Morgan fingerprint density at radius 2 is 1.88 bits per heavy atom. The van der Waals surface area contributed by atoms with E-state index in [1.165, 1.54) is 16.0 Å². The van der Waals surface area contributed by atoms with Crippen molar-refractivity contribution in [2.45, 2.75) is 6.42 Å². The Balaban J connectivity index is 1.46. The molecule has 3 aromatic rings. The number of amides is 2. The van der Waals surface area contributed by atoms with Crippen LogP contribution in [0.25, 0.3) is 19.5 Å². The number of hydrogen-bond acceptors (Lipinski definition) is 6. The van der Waals surface area contributed by atoms with Crippen LogP contribution >= 0.6 is 22.7 Å². The molecule has 9 heteroatoms. The van der Waals surface area contributed by atoms with E-state index in [2.05, 4.69) is 10.9 Å². The van der Waals surface area contributed by atoms with Crippen LogP contribution in [0.15, 0.2) is 30.3 Å². The topological polar surface area (TPSA) is 92.3 Å². The summed E-state index contributed by atoms with van der Waals surface area (Å²) in [7, 11) is -3.13. The Morgan fingerprint density at radius 3 is 2.64 bits per heavy atom. The molecule has 6 nitrogen and oxygen atoms in total. The van der Waals surface area contributed by atoms with Crippen molar-refractivity contribution in [2.75, 3.05) is 11.5 Å². The number of carbonyl (C=O) groups is 2. The summed E-state index contributed by atoms with van der Waals surface area (Å²) in [5, 5.41) is 1.12. The molecule has 2 aromatic heterocycles. The number of benzene rings is 1. The lowest BCUT2D eigenvalue weighted by atomic mass is 10.1. The average molecular weight is 394 g/mol. The van der Waals surface area contributed by atoms with Crippen molar-refractivity contribution in [3.63, 3.8) is 0 Å². The zero-order valence-corrected chi connectivity index (χ0v) is 15.4. The molecule has 0 spiro atoms. The maximum Gasteiger partial charge on any atom is 0.279 e. The lowest BCUT2D eigenvalue weighted by molar-refractivity contribution is -0.125. The molecular weight excluding hydrogens is 380 g/mol. The first-order valence-electron chi connectivity index (χ1n) is 7.65. The van der Waals surface area contributed by atoms with Crippen molar-refractivity contribution >= 4 is 63.8 Å². The van der Waals surface area contributed by atoms with Crippen LogP contribution in [0.2, 0.25) is 0 Å². The van der Waals surface area contributed by atoms with Crippen molar-refractivity contribution in [3.8, 4) is 0 Å². The summed E-state index contributed by atoms with van der Waals surface area (Å²) in [6.07, 6.45) is 0.296. The molecule has 25 heavy (non-hydrogen) atoms. The van der Waals surface area contributed by atoms with Crippen molar-refractivity contribution in [2.24, 2.45) is 5.92 Å². The van der Waals surface area contributed by atoms with Crippen LogP contribution in [0.5, 0.6) is 0 Å². The van der Waals surface area contributed by atoms with Gasteiger partial charge in [-0.1, -0.05) is 18.2 Å². The molecule has 1 aliphatic heterocycles. The Kier molecular flexibility index (Phi) is 4.01. The van der Waals surface area contributed by atoms with Gasteiger partial charge in [0.2, 0.25) is 5.91 Å². The van der Waals surface area contributed by atoms with E-state index in [9.17, 15) is 18.0 Å². The molecule has 2 N–H and O–H groups in total. The molecule has 130 valence electrons. The lowest BCUT2D eigenvalue weighted by Gasteiger charge is -2.09. The normalized spacial score (nSPS) is 19.3. The van der Waals surface area contributed by atoms with Crippen LogP contribution in [-0.2, 0) is 14.6 Å².